The summed E-state index contributed by atoms with van der Waals surface area (Å²) < 4.78 is 5.85. The molecule has 2 rings (SSSR count). The fourth-order valence-corrected chi connectivity index (χ4v) is 3.94. The van der Waals surface area contributed by atoms with Crippen molar-refractivity contribution < 1.29 is 14.6 Å². The average Bonchev–Trinajstić information content (AvgIpc) is 2.97. The number of aliphatic hydroxyl groups is 1. The van der Waals surface area contributed by atoms with Gasteiger partial charge in [0.25, 0.3) is 0 Å². The first-order valence-corrected chi connectivity index (χ1v) is 8.46. The van der Waals surface area contributed by atoms with Crippen LogP contribution in [0.15, 0.2) is 0 Å². The highest BCUT2D eigenvalue weighted by molar-refractivity contribution is 5.74. The van der Waals surface area contributed by atoms with E-state index in [9.17, 15) is 9.90 Å². The summed E-state index contributed by atoms with van der Waals surface area (Å²) in [5.74, 6) is 0. The number of ether oxygens (including phenoxy) is 1. The minimum Gasteiger partial charge on any atom is -0.391 e. The number of aliphatic hydroxyl groups excluding tert-OH is 1. The first-order chi connectivity index (χ1) is 10.1. The Labute approximate surface area is 127 Å². The highest BCUT2D eigenvalue weighted by atomic mass is 16.5. The Hall–Kier alpha value is -0.810. The predicted molar refractivity (Wildman–Crippen MR) is 82.2 cm³/mol. The van der Waals surface area contributed by atoms with Crippen LogP contribution in [0.1, 0.15) is 58.8 Å². The summed E-state index contributed by atoms with van der Waals surface area (Å²) in [7, 11) is 0. The number of hydrogen-bond acceptors (Lipinski definition) is 3. The van der Waals surface area contributed by atoms with E-state index >= 15 is 0 Å². The van der Waals surface area contributed by atoms with Crippen molar-refractivity contribution in [2.24, 2.45) is 5.41 Å². The topological polar surface area (TPSA) is 70.6 Å². The van der Waals surface area contributed by atoms with Crippen LogP contribution >= 0.6 is 0 Å². The van der Waals surface area contributed by atoms with Gasteiger partial charge in [-0.25, -0.2) is 4.79 Å². The van der Waals surface area contributed by atoms with Crippen LogP contribution in [-0.4, -0.2) is 42.5 Å². The second-order valence-corrected chi connectivity index (χ2v) is 6.47. The lowest BCUT2D eigenvalue weighted by Gasteiger charge is -2.53. The van der Waals surface area contributed by atoms with E-state index < -0.39 is 6.10 Å². The van der Waals surface area contributed by atoms with E-state index in [-0.39, 0.29) is 17.5 Å². The van der Waals surface area contributed by atoms with Crippen LogP contribution in [0.5, 0.6) is 0 Å². The van der Waals surface area contributed by atoms with Gasteiger partial charge in [-0.15, -0.1) is 0 Å². The molecule has 0 heterocycles. The fourth-order valence-electron chi connectivity index (χ4n) is 3.94. The predicted octanol–water partition coefficient (Wildman–Crippen LogP) is 2.18. The molecule has 0 aliphatic heterocycles. The molecule has 0 radical (unpaired) electrons. The fraction of sp³-hybridized carbons (Fsp3) is 0.938. The van der Waals surface area contributed by atoms with Gasteiger partial charge in [0.05, 0.1) is 12.2 Å². The van der Waals surface area contributed by atoms with E-state index in [0.717, 1.165) is 38.7 Å². The van der Waals surface area contributed by atoms with E-state index in [2.05, 4.69) is 10.6 Å². The van der Waals surface area contributed by atoms with Crippen molar-refractivity contribution in [1.82, 2.24) is 10.6 Å². The zero-order valence-corrected chi connectivity index (χ0v) is 13.4. The lowest BCUT2D eigenvalue weighted by Crippen LogP contribution is -2.65. The van der Waals surface area contributed by atoms with E-state index in [1.54, 1.807) is 0 Å². The number of carbonyl (C=O) groups is 1. The Morgan fingerprint density at radius 3 is 2.71 bits per heavy atom. The molecule has 0 aromatic heterocycles. The van der Waals surface area contributed by atoms with Gasteiger partial charge in [0.2, 0.25) is 0 Å². The number of carbonyl (C=O) groups excluding carboxylic acids is 1. The third kappa shape index (κ3) is 3.69. The molecule has 2 amide bonds. The zero-order chi connectivity index (χ0) is 15.3. The van der Waals surface area contributed by atoms with Gasteiger partial charge in [-0.1, -0.05) is 26.2 Å². The van der Waals surface area contributed by atoms with E-state index in [1.165, 1.54) is 12.8 Å². The van der Waals surface area contributed by atoms with Gasteiger partial charge >= 0.3 is 6.03 Å². The summed E-state index contributed by atoms with van der Waals surface area (Å²) >= 11 is 0. The monoisotopic (exact) mass is 298 g/mol. The van der Waals surface area contributed by atoms with Gasteiger partial charge in [0.1, 0.15) is 0 Å². The minimum absolute atomic E-state index is 0.156. The molecule has 5 nitrogen and oxygen atoms in total. The minimum atomic E-state index is -0.446. The van der Waals surface area contributed by atoms with Crippen LogP contribution in [0.3, 0.4) is 0 Å². The molecular weight excluding hydrogens is 268 g/mol. The van der Waals surface area contributed by atoms with Crippen molar-refractivity contribution in [3.63, 3.8) is 0 Å². The Bertz CT molecular complexity index is 342. The molecule has 1 spiro atoms. The second-order valence-electron chi connectivity index (χ2n) is 6.47. The first-order valence-electron chi connectivity index (χ1n) is 8.46. The molecule has 0 saturated heterocycles. The molecule has 122 valence electrons. The van der Waals surface area contributed by atoms with Gasteiger partial charge in [0, 0.05) is 24.6 Å². The Kier molecular flexibility index (Phi) is 5.88. The van der Waals surface area contributed by atoms with Crippen molar-refractivity contribution in [2.75, 3.05) is 13.2 Å². The Balaban J connectivity index is 1.78. The van der Waals surface area contributed by atoms with Gasteiger partial charge in [0.15, 0.2) is 0 Å². The molecule has 3 N–H and O–H groups in total. The van der Waals surface area contributed by atoms with Crippen molar-refractivity contribution in [3.8, 4) is 0 Å². The van der Waals surface area contributed by atoms with Crippen LogP contribution < -0.4 is 10.6 Å². The third-order valence-electron chi connectivity index (χ3n) is 5.11. The molecule has 5 heteroatoms. The van der Waals surface area contributed by atoms with Crippen LogP contribution in [-0.2, 0) is 4.74 Å². The summed E-state index contributed by atoms with van der Waals surface area (Å²) in [4.78, 5) is 12.0. The smallest absolute Gasteiger partial charge is 0.315 e. The van der Waals surface area contributed by atoms with Gasteiger partial charge in [-0.2, -0.15) is 0 Å². The second kappa shape index (κ2) is 7.45. The maximum Gasteiger partial charge on any atom is 0.315 e. The summed E-state index contributed by atoms with van der Waals surface area (Å²) in [6, 6.07) is 0.0660. The quantitative estimate of drug-likeness (QED) is 0.674. The number of hydrogen-bond donors (Lipinski definition) is 3. The van der Waals surface area contributed by atoms with Crippen LogP contribution in [0.2, 0.25) is 0 Å². The third-order valence-corrected chi connectivity index (χ3v) is 5.11. The summed E-state index contributed by atoms with van der Waals surface area (Å²) in [6.45, 7) is 5.13. The summed E-state index contributed by atoms with van der Waals surface area (Å²) in [5, 5.41) is 15.5. The van der Waals surface area contributed by atoms with Gasteiger partial charge in [-0.3, -0.25) is 0 Å². The first kappa shape index (κ1) is 16.6. The Morgan fingerprint density at radius 1 is 1.38 bits per heavy atom. The molecular formula is C16H30N2O3. The van der Waals surface area contributed by atoms with Crippen LogP contribution in [0, 0.1) is 5.41 Å². The van der Waals surface area contributed by atoms with E-state index in [1.807, 2.05) is 13.8 Å². The lowest BCUT2D eigenvalue weighted by molar-refractivity contribution is -0.126. The van der Waals surface area contributed by atoms with E-state index in [4.69, 9.17) is 4.74 Å². The molecule has 0 aromatic rings. The molecule has 2 aliphatic rings. The number of nitrogens with one attached hydrogen (secondary N) is 2. The number of amides is 2. The number of rotatable bonds is 7. The van der Waals surface area contributed by atoms with E-state index in [0.29, 0.717) is 12.6 Å². The van der Waals surface area contributed by atoms with Crippen molar-refractivity contribution in [3.05, 3.63) is 0 Å². The molecule has 2 saturated carbocycles. The number of urea groups is 1. The standard InChI is InChI=1S/C16H30N2O3/c1-3-7-12(19)11-17-15(20)18-13-10-14(21-4-2)16(13)8-5-6-9-16/h12-14,19H,3-11H2,1-2H3,(H2,17,18,20). The van der Waals surface area contributed by atoms with Crippen LogP contribution in [0.25, 0.3) is 0 Å². The highest BCUT2D eigenvalue weighted by Gasteiger charge is 2.57. The zero-order valence-electron chi connectivity index (χ0n) is 13.4. The lowest BCUT2D eigenvalue weighted by atomic mass is 9.60. The molecule has 0 aromatic carbocycles. The maximum atomic E-state index is 12.0. The maximum absolute atomic E-state index is 12.0. The average molecular weight is 298 g/mol. The van der Waals surface area contributed by atoms with Crippen LogP contribution in [0.4, 0.5) is 4.79 Å². The largest absolute Gasteiger partial charge is 0.391 e. The SMILES string of the molecule is CCCC(O)CNC(=O)NC1CC(OCC)C12CCCC2. The highest BCUT2D eigenvalue weighted by Crippen LogP contribution is 2.54. The van der Waals surface area contributed by atoms with Crippen molar-refractivity contribution in [2.45, 2.75) is 77.0 Å². The molecule has 21 heavy (non-hydrogen) atoms. The van der Waals surface area contributed by atoms with Crippen molar-refractivity contribution >= 4 is 6.03 Å². The summed E-state index contributed by atoms with van der Waals surface area (Å²) in [6.07, 6.45) is 7.20. The van der Waals surface area contributed by atoms with Crippen molar-refractivity contribution in [1.29, 1.82) is 0 Å². The molecule has 3 atom stereocenters. The summed E-state index contributed by atoms with van der Waals surface area (Å²) in [5.41, 5.74) is 0.162. The Morgan fingerprint density at radius 2 is 2.10 bits per heavy atom. The molecule has 0 bridgehead atoms. The molecule has 2 aliphatic carbocycles. The molecule has 2 fully saturated rings. The van der Waals surface area contributed by atoms with Gasteiger partial charge < -0.3 is 20.5 Å². The molecule has 3 unspecified atom stereocenters. The normalized spacial score (nSPS) is 28.1. The van der Waals surface area contributed by atoms with Gasteiger partial charge in [-0.05, 0) is 32.6 Å².